The van der Waals surface area contributed by atoms with Gasteiger partial charge in [-0.2, -0.15) is 0 Å². The van der Waals surface area contributed by atoms with Gasteiger partial charge in [0.15, 0.2) is 5.78 Å². The molecule has 8 atom stereocenters. The fourth-order valence-electron chi connectivity index (χ4n) is 8.45. The molecule has 0 radical (unpaired) electrons. The van der Waals surface area contributed by atoms with Gasteiger partial charge in [-0.1, -0.05) is 53.9 Å². The zero-order valence-electron chi connectivity index (χ0n) is 19.9. The second kappa shape index (κ2) is 7.85. The topological polar surface area (TPSA) is 71.4 Å². The summed E-state index contributed by atoms with van der Waals surface area (Å²) in [5.41, 5.74) is -0.186. The molecule has 4 aliphatic rings. The van der Waals surface area contributed by atoms with E-state index in [2.05, 4.69) is 27.7 Å². The lowest BCUT2D eigenvalue weighted by atomic mass is 9.44. The van der Waals surface area contributed by atoms with Crippen molar-refractivity contribution in [1.82, 2.24) is 0 Å². The maximum absolute atomic E-state index is 13.6. The maximum atomic E-state index is 13.6. The Hall–Kier alpha value is -1.45. The number of fused-ring (bicyclic) bond motifs is 6. The molecule has 0 aromatic heterocycles. The van der Waals surface area contributed by atoms with Gasteiger partial charge >= 0.3 is 5.97 Å². The highest BCUT2D eigenvalue weighted by Gasteiger charge is 2.65. The van der Waals surface area contributed by atoms with Gasteiger partial charge in [0.05, 0.1) is 5.92 Å². The number of ketones is 2. The molecule has 172 valence electrons. The Labute approximate surface area is 187 Å². The molecule has 0 amide bonds. The first-order valence-electron chi connectivity index (χ1n) is 12.5. The van der Waals surface area contributed by atoms with E-state index < -0.39 is 17.3 Å². The summed E-state index contributed by atoms with van der Waals surface area (Å²) in [5.74, 6) is 0.441. The third kappa shape index (κ3) is 3.43. The number of allylic oxidation sites excluding steroid dienone is 1. The number of rotatable bonds is 6. The van der Waals surface area contributed by atoms with Crippen molar-refractivity contribution in [3.63, 3.8) is 0 Å². The molecule has 0 spiro atoms. The maximum Gasteiger partial charge on any atom is 0.332 e. The van der Waals surface area contributed by atoms with Gasteiger partial charge in [-0.3, -0.25) is 9.59 Å². The van der Waals surface area contributed by atoms with E-state index in [1.54, 1.807) is 0 Å². The lowest BCUT2D eigenvalue weighted by Gasteiger charge is -2.58. The van der Waals surface area contributed by atoms with Crippen LogP contribution < -0.4 is 0 Å². The Morgan fingerprint density at radius 1 is 1.10 bits per heavy atom. The molecule has 4 rings (SSSR count). The smallest absolute Gasteiger partial charge is 0.332 e. The highest BCUT2D eigenvalue weighted by atomic mass is 16.4. The summed E-state index contributed by atoms with van der Waals surface area (Å²) in [6.07, 6.45) is 9.65. The fourth-order valence-corrected chi connectivity index (χ4v) is 8.45. The molecule has 2 bridgehead atoms. The van der Waals surface area contributed by atoms with Gasteiger partial charge in [-0.15, -0.1) is 0 Å². The molecule has 31 heavy (non-hydrogen) atoms. The van der Waals surface area contributed by atoms with Crippen LogP contribution in [0.2, 0.25) is 0 Å². The molecule has 0 unspecified atom stereocenters. The number of carbonyl (C=O) groups is 3. The Morgan fingerprint density at radius 2 is 1.81 bits per heavy atom. The lowest BCUT2D eigenvalue weighted by Crippen LogP contribution is -2.59. The first-order chi connectivity index (χ1) is 14.5. The van der Waals surface area contributed by atoms with Crippen molar-refractivity contribution in [2.75, 3.05) is 0 Å². The second-order valence-electron chi connectivity index (χ2n) is 12.1. The molecule has 4 aliphatic carbocycles. The van der Waals surface area contributed by atoms with Gasteiger partial charge in [-0.05, 0) is 73.2 Å². The van der Waals surface area contributed by atoms with Crippen LogP contribution in [-0.2, 0) is 14.4 Å². The molecule has 0 aliphatic heterocycles. The largest absolute Gasteiger partial charge is 0.478 e. The molecule has 0 aromatic rings. The standard InChI is InChI=1S/C27H40O4/c1-15(2)7-6-8-16(3)18-9-10-19-23-20(11-12-26(18,19)4)27(5)14-17(24(23)29)22(28)13-21(27)25(30)31/h13,15-20,23H,6-12,14H2,1-5H3,(H,30,31)/t16-,17-,18+,19+,20-,23-,26-,27+/m1/s1. The van der Waals surface area contributed by atoms with Crippen LogP contribution in [0.15, 0.2) is 11.6 Å². The van der Waals surface area contributed by atoms with Crippen molar-refractivity contribution in [3.05, 3.63) is 11.6 Å². The van der Waals surface area contributed by atoms with Crippen LogP contribution >= 0.6 is 0 Å². The van der Waals surface area contributed by atoms with E-state index in [9.17, 15) is 19.5 Å². The number of hydrogen-bond donors (Lipinski definition) is 1. The van der Waals surface area contributed by atoms with Gasteiger partial charge in [-0.25, -0.2) is 4.79 Å². The lowest BCUT2D eigenvalue weighted by molar-refractivity contribution is -0.157. The molecule has 4 heteroatoms. The van der Waals surface area contributed by atoms with E-state index in [0.717, 1.165) is 31.6 Å². The third-order valence-electron chi connectivity index (χ3n) is 10.1. The van der Waals surface area contributed by atoms with Crippen molar-refractivity contribution in [2.24, 2.45) is 52.3 Å². The molecule has 0 aromatic carbocycles. The number of carboxylic acid groups (broad SMARTS) is 1. The summed E-state index contributed by atoms with van der Waals surface area (Å²) < 4.78 is 0. The van der Waals surface area contributed by atoms with Crippen molar-refractivity contribution in [3.8, 4) is 0 Å². The third-order valence-corrected chi connectivity index (χ3v) is 10.1. The van der Waals surface area contributed by atoms with Crippen molar-refractivity contribution >= 4 is 17.5 Å². The Kier molecular flexibility index (Phi) is 5.75. The molecular weight excluding hydrogens is 388 g/mol. The van der Waals surface area contributed by atoms with Gasteiger partial charge in [0, 0.05) is 16.9 Å². The Morgan fingerprint density at radius 3 is 2.45 bits per heavy atom. The predicted octanol–water partition coefficient (Wildman–Crippen LogP) is 5.70. The Bertz CT molecular complexity index is 810. The van der Waals surface area contributed by atoms with E-state index in [0.29, 0.717) is 24.2 Å². The minimum atomic E-state index is -0.987. The second-order valence-corrected chi connectivity index (χ2v) is 12.1. The number of aliphatic carboxylic acids is 1. The number of Topliss-reactive ketones (excluding diaryl/α,β-unsaturated/α-hetero) is 1. The summed E-state index contributed by atoms with van der Waals surface area (Å²) in [4.78, 5) is 38.4. The summed E-state index contributed by atoms with van der Waals surface area (Å²) in [5, 5.41) is 9.86. The van der Waals surface area contributed by atoms with Gasteiger partial charge in [0.1, 0.15) is 5.78 Å². The number of carboxylic acids is 1. The van der Waals surface area contributed by atoms with Crippen molar-refractivity contribution in [2.45, 2.75) is 86.0 Å². The number of carbonyl (C=O) groups excluding carboxylic acids is 2. The summed E-state index contributed by atoms with van der Waals surface area (Å²) in [6.45, 7) is 11.4. The van der Waals surface area contributed by atoms with Crippen LogP contribution in [0.3, 0.4) is 0 Å². The average Bonchev–Trinajstić information content (AvgIpc) is 3.04. The summed E-state index contributed by atoms with van der Waals surface area (Å²) >= 11 is 0. The van der Waals surface area contributed by atoms with Crippen molar-refractivity contribution < 1.29 is 19.5 Å². The SMILES string of the molecule is CC(C)CCC[C@@H](C)[C@@H]1CC[C@H]2[C@H]3C(=O)[C@@H]4C[C@](C)(C(C(=O)O)=CC4=O)[C@@H]3CC[C@@]21C. The van der Waals surface area contributed by atoms with E-state index >= 15 is 0 Å². The molecule has 4 nitrogen and oxygen atoms in total. The van der Waals surface area contributed by atoms with Crippen LogP contribution in [0.4, 0.5) is 0 Å². The predicted molar refractivity (Wildman–Crippen MR) is 120 cm³/mol. The van der Waals surface area contributed by atoms with E-state index in [-0.39, 0.29) is 34.4 Å². The highest BCUT2D eigenvalue weighted by Crippen LogP contribution is 2.67. The van der Waals surface area contributed by atoms with Crippen LogP contribution in [0, 0.1) is 52.3 Å². The molecular formula is C27H40O4. The van der Waals surface area contributed by atoms with Crippen LogP contribution in [-0.4, -0.2) is 22.6 Å². The minimum Gasteiger partial charge on any atom is -0.478 e. The summed E-state index contributed by atoms with van der Waals surface area (Å²) in [7, 11) is 0. The van der Waals surface area contributed by atoms with E-state index in [1.807, 2.05) is 6.92 Å². The van der Waals surface area contributed by atoms with E-state index in [1.165, 1.54) is 25.3 Å². The molecule has 0 heterocycles. The monoisotopic (exact) mass is 428 g/mol. The van der Waals surface area contributed by atoms with E-state index in [4.69, 9.17) is 0 Å². The van der Waals surface area contributed by atoms with Crippen LogP contribution in [0.5, 0.6) is 0 Å². The first-order valence-corrected chi connectivity index (χ1v) is 12.5. The van der Waals surface area contributed by atoms with Gasteiger partial charge in [0.2, 0.25) is 0 Å². The molecule has 3 fully saturated rings. The average molecular weight is 429 g/mol. The fraction of sp³-hybridized carbons (Fsp3) is 0.815. The van der Waals surface area contributed by atoms with Crippen LogP contribution in [0.25, 0.3) is 0 Å². The molecule has 3 saturated carbocycles. The molecule has 0 saturated heterocycles. The zero-order valence-corrected chi connectivity index (χ0v) is 19.9. The Balaban J connectivity index is 1.62. The zero-order chi connectivity index (χ0) is 22.7. The summed E-state index contributed by atoms with van der Waals surface area (Å²) in [6, 6.07) is 0. The van der Waals surface area contributed by atoms with Crippen LogP contribution in [0.1, 0.15) is 86.0 Å². The van der Waals surface area contributed by atoms with Gasteiger partial charge < -0.3 is 5.11 Å². The first kappa shape index (κ1) is 22.7. The number of hydrogen-bond acceptors (Lipinski definition) is 3. The van der Waals surface area contributed by atoms with Gasteiger partial charge in [0.25, 0.3) is 0 Å². The van der Waals surface area contributed by atoms with Crippen molar-refractivity contribution in [1.29, 1.82) is 0 Å². The minimum absolute atomic E-state index is 0.0553. The molecule has 1 N–H and O–H groups in total. The quantitative estimate of drug-likeness (QED) is 0.551. The highest BCUT2D eigenvalue weighted by molar-refractivity contribution is 6.13. The normalized spacial score (nSPS) is 42.8.